The zero-order valence-electron chi connectivity index (χ0n) is 76.8. The fourth-order valence-electron chi connectivity index (χ4n) is 14.5. The van der Waals surface area contributed by atoms with Crippen LogP contribution in [-0.4, -0.2) is 210 Å². The number of fused-ring (bicyclic) bond motifs is 3. The third kappa shape index (κ3) is 23.1. The van der Waals surface area contributed by atoms with Gasteiger partial charge in [-0.3, -0.25) is 19.7 Å². The minimum absolute atomic E-state index is 0. The predicted molar refractivity (Wildman–Crippen MR) is 496 cm³/mol. The van der Waals surface area contributed by atoms with Crippen LogP contribution in [0.2, 0.25) is 5.02 Å². The summed E-state index contributed by atoms with van der Waals surface area (Å²) in [5.41, 5.74) is 8.70. The maximum absolute atomic E-state index is 12.4. The van der Waals surface area contributed by atoms with E-state index >= 15 is 0 Å². The molecule has 4 saturated heterocycles. The second kappa shape index (κ2) is 42.0. The van der Waals surface area contributed by atoms with E-state index in [2.05, 4.69) is 53.4 Å². The van der Waals surface area contributed by atoms with Crippen molar-refractivity contribution in [1.29, 1.82) is 15.8 Å². The SMILES string of the molecule is CC(C)(C)OC(=O)N1CCC(Oc2ccc(B3OC(C)(C)C(C)(C)O3)cc2C#N)C1.CCOC(=O)c1cnc(-c2cc3nccc(-c4ccc(OC5CCN(C(=O)OC(C)(C)C)C5)c(C#N)c4)c3o2)c(OC)c1.CCOC(=O)c1cnc(-c2cc3nccc(Cl)c3o2)c(OC)c1.COc1cc(C(=O)N(C)C)cnc1-c1cc2nccc(-c3ccc(OC4CCNC4)c(C#N)c3)c2o1.Cl. The molecule has 0 bridgehead atoms. The quantitative estimate of drug-likeness (QED) is 0.0420. The molecule has 4 aliphatic rings. The van der Waals surface area contributed by atoms with Crippen LogP contribution in [0, 0.1) is 34.0 Å². The van der Waals surface area contributed by atoms with Crippen LogP contribution in [0.1, 0.15) is 150 Å². The van der Waals surface area contributed by atoms with Crippen LogP contribution in [-0.2, 0) is 28.3 Å². The van der Waals surface area contributed by atoms with E-state index < -0.39 is 41.5 Å². The number of nitrogens with one attached hydrogen (secondary N) is 1. The highest BCUT2D eigenvalue weighted by atomic mass is 35.5. The first kappa shape index (κ1) is 98.0. The lowest BCUT2D eigenvalue weighted by molar-refractivity contribution is 0.00578. The molecule has 9 aromatic heterocycles. The first-order valence-corrected chi connectivity index (χ1v) is 43.1. The fraction of sp³-hybridized carbons (Fsp3) is 0.361. The molecule has 3 atom stereocenters. The summed E-state index contributed by atoms with van der Waals surface area (Å²) in [5.74, 6) is 2.83. The summed E-state index contributed by atoms with van der Waals surface area (Å²) in [4.78, 5) is 91.9. The van der Waals surface area contributed by atoms with Crippen molar-refractivity contribution in [3.8, 4) is 109 Å². The number of nitrogens with zero attached hydrogens (tertiary/aromatic N) is 12. The van der Waals surface area contributed by atoms with E-state index in [1.807, 2.05) is 99.6 Å². The number of nitriles is 3. The number of amides is 3. The van der Waals surface area contributed by atoms with Crippen LogP contribution in [0.5, 0.6) is 34.5 Å². The molecule has 3 aromatic carbocycles. The van der Waals surface area contributed by atoms with Crippen molar-refractivity contribution in [1.82, 2.24) is 49.9 Å². The molecule has 12 aromatic rings. The number of furan rings is 3. The smallest absolute Gasteiger partial charge is 0.494 e. The summed E-state index contributed by atoms with van der Waals surface area (Å²) in [5, 5.41) is 33.1. The molecule has 4 fully saturated rings. The molecule has 0 saturated carbocycles. The van der Waals surface area contributed by atoms with Gasteiger partial charge in [-0.1, -0.05) is 29.8 Å². The third-order valence-corrected chi connectivity index (χ3v) is 22.0. The third-order valence-electron chi connectivity index (χ3n) is 21.7. The number of methoxy groups -OCH3 is 3. The molecule has 3 unspecified atom stereocenters. The molecule has 133 heavy (non-hydrogen) atoms. The second-order valence-corrected chi connectivity index (χ2v) is 34.6. The van der Waals surface area contributed by atoms with Gasteiger partial charge in [0.25, 0.3) is 5.91 Å². The van der Waals surface area contributed by atoms with Crippen LogP contribution in [0.25, 0.3) is 89.9 Å². The van der Waals surface area contributed by atoms with Gasteiger partial charge in [-0.15, -0.1) is 12.4 Å². The number of hydrogen-bond donors (Lipinski definition) is 1. The van der Waals surface area contributed by atoms with E-state index in [1.165, 1.54) is 44.8 Å². The molecule has 33 nitrogen and oxygen atoms in total. The maximum Gasteiger partial charge on any atom is 0.494 e. The van der Waals surface area contributed by atoms with Gasteiger partial charge >= 0.3 is 31.2 Å². The largest absolute Gasteiger partial charge is 0.494 e. The average molecular weight is 1850 g/mol. The lowest BCUT2D eigenvalue weighted by Gasteiger charge is -2.32. The Balaban J connectivity index is 0.000000163. The zero-order chi connectivity index (χ0) is 94.7. The lowest BCUT2D eigenvalue weighted by Crippen LogP contribution is -2.41. The minimum atomic E-state index is -0.579. The van der Waals surface area contributed by atoms with Gasteiger partial charge in [0.15, 0.2) is 34.0 Å². The summed E-state index contributed by atoms with van der Waals surface area (Å²) < 4.78 is 85.8. The van der Waals surface area contributed by atoms with Crippen LogP contribution in [0.15, 0.2) is 160 Å². The van der Waals surface area contributed by atoms with E-state index in [-0.39, 0.29) is 67.6 Å². The molecule has 13 heterocycles. The van der Waals surface area contributed by atoms with Crippen LogP contribution >= 0.6 is 24.0 Å². The number of aromatic nitrogens is 6. The highest BCUT2D eigenvalue weighted by Gasteiger charge is 2.52. The summed E-state index contributed by atoms with van der Waals surface area (Å²) in [6.07, 6.45) is 10.4. The Morgan fingerprint density at radius 1 is 0.511 bits per heavy atom. The molecule has 692 valence electrons. The van der Waals surface area contributed by atoms with Crippen LogP contribution in [0.4, 0.5) is 9.59 Å². The van der Waals surface area contributed by atoms with Crippen molar-refractivity contribution in [2.45, 2.75) is 143 Å². The number of carbonyl (C=O) groups excluding carboxylic acids is 5. The Morgan fingerprint density at radius 3 is 1.29 bits per heavy atom. The van der Waals surface area contributed by atoms with Gasteiger partial charge in [0.05, 0.1) is 97.2 Å². The molecule has 0 spiro atoms. The Hall–Kier alpha value is -14.1. The molecule has 0 radical (unpaired) electrons. The zero-order valence-corrected chi connectivity index (χ0v) is 78.3. The first-order chi connectivity index (χ1) is 63.0. The van der Waals surface area contributed by atoms with E-state index in [0.717, 1.165) is 47.2 Å². The summed E-state index contributed by atoms with van der Waals surface area (Å²) in [6, 6.07) is 38.2. The van der Waals surface area contributed by atoms with Crippen molar-refractivity contribution in [3.63, 3.8) is 0 Å². The number of halogens is 2. The van der Waals surface area contributed by atoms with Crippen molar-refractivity contribution < 1.29 is 93.9 Å². The monoisotopic (exact) mass is 1850 g/mol. The Morgan fingerprint density at radius 2 is 0.902 bits per heavy atom. The molecule has 4 aliphatic heterocycles. The van der Waals surface area contributed by atoms with E-state index in [1.54, 1.807) is 135 Å². The van der Waals surface area contributed by atoms with Crippen LogP contribution < -0.4 is 39.2 Å². The number of ether oxygens (including phenoxy) is 10. The van der Waals surface area contributed by atoms with E-state index in [0.29, 0.717) is 174 Å². The highest BCUT2D eigenvalue weighted by molar-refractivity contribution is 6.62. The average Bonchev–Trinajstić information content (AvgIpc) is 1.64. The molecule has 36 heteroatoms. The molecular weight excluding hydrogens is 1750 g/mol. The number of hydrogen-bond acceptors (Lipinski definition) is 30. The van der Waals surface area contributed by atoms with E-state index in [4.69, 9.17) is 81.5 Å². The van der Waals surface area contributed by atoms with Gasteiger partial charge in [-0.05, 0) is 185 Å². The Bertz CT molecular complexity index is 6420. The molecule has 16 rings (SSSR count). The van der Waals surface area contributed by atoms with Gasteiger partial charge < -0.3 is 89.9 Å². The van der Waals surface area contributed by atoms with Gasteiger partial charge in [-0.2, -0.15) is 15.8 Å². The summed E-state index contributed by atoms with van der Waals surface area (Å²) in [7, 11) is 7.31. The Kier molecular flexibility index (Phi) is 30.9. The number of rotatable bonds is 20. The molecule has 0 aliphatic carbocycles. The molecular formula is C97H102BCl2N13O20. The number of likely N-dealkylation sites (tertiary alicyclic amines) is 2. The molecule has 3 amide bonds. The van der Waals surface area contributed by atoms with Crippen molar-refractivity contribution in [2.75, 3.05) is 87.9 Å². The van der Waals surface area contributed by atoms with Crippen molar-refractivity contribution in [2.24, 2.45) is 0 Å². The van der Waals surface area contributed by atoms with Crippen molar-refractivity contribution >= 4 is 99.9 Å². The number of pyridine rings is 6. The highest BCUT2D eigenvalue weighted by Crippen LogP contribution is 2.43. The summed E-state index contributed by atoms with van der Waals surface area (Å²) >= 11 is 6.09. The minimum Gasteiger partial charge on any atom is -0.494 e. The lowest BCUT2D eigenvalue weighted by atomic mass is 9.78. The summed E-state index contributed by atoms with van der Waals surface area (Å²) in [6.45, 7) is 26.5. The fourth-order valence-corrected chi connectivity index (χ4v) is 14.7. The maximum atomic E-state index is 12.4. The second-order valence-electron chi connectivity index (χ2n) is 34.2. The number of esters is 2. The number of carbonyl (C=O) groups is 5. The normalized spacial score (nSPS) is 15.8. The van der Waals surface area contributed by atoms with Gasteiger partial charge in [0, 0.05) is 113 Å². The topological polar surface area (TPSA) is 406 Å². The number of benzene rings is 3. The van der Waals surface area contributed by atoms with Crippen molar-refractivity contribution in [3.05, 3.63) is 185 Å². The predicted octanol–water partition coefficient (Wildman–Crippen LogP) is 17.3. The van der Waals surface area contributed by atoms with E-state index in [9.17, 15) is 39.8 Å². The van der Waals surface area contributed by atoms with Gasteiger partial charge in [0.1, 0.15) is 116 Å². The first-order valence-electron chi connectivity index (χ1n) is 42.7. The van der Waals surface area contributed by atoms with Gasteiger partial charge in [0.2, 0.25) is 0 Å². The van der Waals surface area contributed by atoms with Crippen LogP contribution in [0.3, 0.4) is 0 Å². The van der Waals surface area contributed by atoms with Gasteiger partial charge in [-0.25, -0.2) is 34.1 Å². The standard InChI is InChI=1S/C32H32N4O7.C27H25N5O4.C22H31BN2O5.C16H13ClN2O4.ClH/c1-6-40-30(37)21-14-26(39-5)28(35-17-21)27-15-24-29(42-27)23(9-11-34-24)19-7-8-25(20(13-19)16-33)41-22-10-12-36(18-22)31(38)43-32(2,3)4;1-32(2)27(33)18-11-23(34-3)25(31-14-18)24-12-21-26(36-24)20(7-9-30-21)16-4-5-22(17(10-16)13-28)35-19-6-8-29-15-19;1-20(2,3)28-19(26)25-11-10-17(14-25)27-18-9-8-16(12-15(18)13-24)23-29-21(4,5)22(6,7)30-23;1-3-22-16(20)9-6-12(21-2)14(19-8-9)13-7-11-15(23-13)10(17)4-5-18-11;/h7-9,11,13-15,17,22H,6,10,12,18H2,1-5H3;4-5,7,9-12,14,19,29H,6,8,15H2,1-3H3;8-9,12,17H,10-11,14H2,1-7H3;4-8H,3H2,1-2H3;1H. The molecule has 1 N–H and O–H groups in total. The Labute approximate surface area is 780 Å².